The van der Waals surface area contributed by atoms with Gasteiger partial charge in [0.1, 0.15) is 0 Å². The maximum absolute atomic E-state index is 12.9. The van der Waals surface area contributed by atoms with E-state index < -0.39 is 0 Å². The number of benzene rings is 2. The Bertz CT molecular complexity index is 853. The molecule has 1 amide bonds. The SMILES string of the molecule is O=C(Cc1ccccc1)N1CCC2(CC1)CN(Cc1ccccc1)CC21CCOC1. The van der Waals surface area contributed by atoms with E-state index in [1.165, 1.54) is 5.56 Å². The number of piperidine rings is 1. The number of amides is 1. The van der Waals surface area contributed by atoms with Crippen molar-refractivity contribution in [2.75, 3.05) is 39.4 Å². The van der Waals surface area contributed by atoms with Crippen molar-refractivity contribution in [3.8, 4) is 0 Å². The highest BCUT2D eigenvalue weighted by molar-refractivity contribution is 5.78. The van der Waals surface area contributed by atoms with Gasteiger partial charge in [0.05, 0.1) is 13.0 Å². The Morgan fingerprint density at radius 1 is 0.833 bits per heavy atom. The molecule has 3 heterocycles. The third-order valence-electron chi connectivity index (χ3n) is 7.80. The van der Waals surface area contributed by atoms with Gasteiger partial charge in [-0.25, -0.2) is 0 Å². The molecular formula is C26H32N2O2. The molecule has 2 spiro atoms. The van der Waals surface area contributed by atoms with Gasteiger partial charge in [-0.2, -0.15) is 0 Å². The summed E-state index contributed by atoms with van der Waals surface area (Å²) < 4.78 is 5.95. The molecule has 4 nitrogen and oxygen atoms in total. The van der Waals surface area contributed by atoms with Crippen molar-refractivity contribution in [3.63, 3.8) is 0 Å². The van der Waals surface area contributed by atoms with Crippen molar-refractivity contribution in [2.45, 2.75) is 32.2 Å². The first-order chi connectivity index (χ1) is 14.7. The van der Waals surface area contributed by atoms with E-state index >= 15 is 0 Å². The molecule has 0 radical (unpaired) electrons. The number of hydrogen-bond acceptors (Lipinski definition) is 3. The van der Waals surface area contributed by atoms with E-state index in [-0.39, 0.29) is 16.7 Å². The number of nitrogens with zero attached hydrogens (tertiary/aromatic N) is 2. The number of carbonyl (C=O) groups excluding carboxylic acids is 1. The van der Waals surface area contributed by atoms with Gasteiger partial charge in [-0.05, 0) is 35.8 Å². The number of rotatable bonds is 4. The highest BCUT2D eigenvalue weighted by Crippen LogP contribution is 2.57. The Hall–Kier alpha value is -2.17. The zero-order valence-electron chi connectivity index (χ0n) is 17.8. The molecule has 2 aromatic rings. The smallest absolute Gasteiger partial charge is 0.226 e. The second-order valence-corrected chi connectivity index (χ2v) is 9.54. The van der Waals surface area contributed by atoms with Crippen LogP contribution in [0.15, 0.2) is 60.7 Å². The summed E-state index contributed by atoms with van der Waals surface area (Å²) in [5.41, 5.74) is 3.04. The summed E-state index contributed by atoms with van der Waals surface area (Å²) in [6, 6.07) is 20.9. The van der Waals surface area contributed by atoms with Crippen LogP contribution < -0.4 is 0 Å². The molecule has 30 heavy (non-hydrogen) atoms. The highest BCUT2D eigenvalue weighted by atomic mass is 16.5. The second kappa shape index (κ2) is 8.16. The third kappa shape index (κ3) is 3.67. The Morgan fingerprint density at radius 3 is 2.10 bits per heavy atom. The lowest BCUT2D eigenvalue weighted by Gasteiger charge is -2.47. The first-order valence-electron chi connectivity index (χ1n) is 11.3. The first kappa shape index (κ1) is 19.8. The van der Waals surface area contributed by atoms with Crippen molar-refractivity contribution in [1.29, 1.82) is 0 Å². The van der Waals surface area contributed by atoms with Crippen LogP contribution in [0.3, 0.4) is 0 Å². The topological polar surface area (TPSA) is 32.8 Å². The predicted molar refractivity (Wildman–Crippen MR) is 118 cm³/mol. The van der Waals surface area contributed by atoms with Gasteiger partial charge in [-0.15, -0.1) is 0 Å². The van der Waals surface area contributed by atoms with Gasteiger partial charge < -0.3 is 9.64 Å². The lowest BCUT2D eigenvalue weighted by Crippen LogP contribution is -2.51. The van der Waals surface area contributed by atoms with Crippen LogP contribution in [0.4, 0.5) is 0 Å². The average Bonchev–Trinajstić information content (AvgIpc) is 3.36. The molecule has 4 heteroatoms. The monoisotopic (exact) mass is 404 g/mol. The molecule has 0 saturated carbocycles. The molecule has 1 unspecified atom stereocenters. The zero-order valence-corrected chi connectivity index (χ0v) is 17.8. The van der Waals surface area contributed by atoms with E-state index in [0.29, 0.717) is 6.42 Å². The van der Waals surface area contributed by atoms with Gasteiger partial charge >= 0.3 is 0 Å². The minimum atomic E-state index is 0.260. The van der Waals surface area contributed by atoms with Crippen LogP contribution in [0.25, 0.3) is 0 Å². The molecule has 158 valence electrons. The fraction of sp³-hybridized carbons (Fsp3) is 0.500. The third-order valence-corrected chi connectivity index (χ3v) is 7.80. The molecule has 3 fully saturated rings. The molecule has 0 N–H and O–H groups in total. The highest BCUT2D eigenvalue weighted by Gasteiger charge is 2.59. The van der Waals surface area contributed by atoms with E-state index in [0.717, 1.165) is 70.8 Å². The average molecular weight is 405 g/mol. The van der Waals surface area contributed by atoms with Crippen molar-refractivity contribution >= 4 is 5.91 Å². The van der Waals surface area contributed by atoms with Gasteiger partial charge in [0.25, 0.3) is 0 Å². The summed E-state index contributed by atoms with van der Waals surface area (Å²) in [5.74, 6) is 0.270. The number of carbonyl (C=O) groups is 1. The standard InChI is InChI=1S/C26H32N2O2/c29-24(17-22-7-3-1-4-8-22)28-14-11-25(12-15-28)19-27(18-23-9-5-2-6-10-23)20-26(25)13-16-30-21-26/h1-10H,11-21H2. The van der Waals surface area contributed by atoms with Crippen LogP contribution in [0.2, 0.25) is 0 Å². The second-order valence-electron chi connectivity index (χ2n) is 9.54. The van der Waals surface area contributed by atoms with Crippen molar-refractivity contribution in [1.82, 2.24) is 9.80 Å². The normalized spacial score (nSPS) is 25.9. The van der Waals surface area contributed by atoms with Crippen LogP contribution in [0.1, 0.15) is 30.4 Å². The summed E-state index contributed by atoms with van der Waals surface area (Å²) in [4.78, 5) is 17.6. The maximum Gasteiger partial charge on any atom is 0.226 e. The Kier molecular flexibility index (Phi) is 5.38. The summed E-state index contributed by atoms with van der Waals surface area (Å²) in [6.07, 6.45) is 3.88. The van der Waals surface area contributed by atoms with Gasteiger partial charge in [0.2, 0.25) is 5.91 Å². The minimum Gasteiger partial charge on any atom is -0.381 e. The number of fused-ring (bicyclic) bond motifs is 1. The van der Waals surface area contributed by atoms with Crippen molar-refractivity contribution < 1.29 is 9.53 Å². The van der Waals surface area contributed by atoms with Gasteiger partial charge in [-0.3, -0.25) is 9.69 Å². The van der Waals surface area contributed by atoms with Crippen molar-refractivity contribution in [2.24, 2.45) is 10.8 Å². The summed E-state index contributed by atoms with van der Waals surface area (Å²) in [6.45, 7) is 6.81. The van der Waals surface area contributed by atoms with E-state index in [9.17, 15) is 4.79 Å². The Balaban J connectivity index is 1.27. The molecule has 3 aliphatic heterocycles. The first-order valence-corrected chi connectivity index (χ1v) is 11.3. The van der Waals surface area contributed by atoms with E-state index in [4.69, 9.17) is 4.74 Å². The molecule has 3 aliphatic rings. The van der Waals surface area contributed by atoms with Crippen molar-refractivity contribution in [3.05, 3.63) is 71.8 Å². The lowest BCUT2D eigenvalue weighted by molar-refractivity contribution is -0.134. The molecule has 0 aliphatic carbocycles. The number of likely N-dealkylation sites (tertiary alicyclic amines) is 2. The van der Waals surface area contributed by atoms with Crippen LogP contribution >= 0.6 is 0 Å². The largest absolute Gasteiger partial charge is 0.381 e. The molecule has 2 aromatic carbocycles. The molecule has 3 saturated heterocycles. The maximum atomic E-state index is 12.9. The van der Waals surface area contributed by atoms with Crippen LogP contribution in [0, 0.1) is 10.8 Å². The minimum absolute atomic E-state index is 0.260. The molecule has 5 rings (SSSR count). The fourth-order valence-corrected chi connectivity index (χ4v) is 6.11. The Morgan fingerprint density at radius 2 is 1.47 bits per heavy atom. The quantitative estimate of drug-likeness (QED) is 0.778. The summed E-state index contributed by atoms with van der Waals surface area (Å²) in [5, 5.41) is 0. The summed E-state index contributed by atoms with van der Waals surface area (Å²) in [7, 11) is 0. The van der Waals surface area contributed by atoms with E-state index in [1.807, 2.05) is 30.3 Å². The lowest BCUT2D eigenvalue weighted by atomic mass is 9.60. The number of ether oxygens (including phenoxy) is 1. The predicted octanol–water partition coefficient (Wildman–Crippen LogP) is 3.76. The van der Waals surface area contributed by atoms with E-state index in [2.05, 4.69) is 40.1 Å². The Labute approximate surface area is 179 Å². The van der Waals surface area contributed by atoms with Gasteiger partial charge in [-0.1, -0.05) is 60.7 Å². The summed E-state index contributed by atoms with van der Waals surface area (Å²) >= 11 is 0. The van der Waals surface area contributed by atoms with Crippen LogP contribution in [-0.4, -0.2) is 55.1 Å². The number of hydrogen-bond donors (Lipinski definition) is 0. The molecule has 0 aromatic heterocycles. The molecular weight excluding hydrogens is 372 g/mol. The van der Waals surface area contributed by atoms with Crippen LogP contribution in [-0.2, 0) is 22.5 Å². The van der Waals surface area contributed by atoms with Gasteiger partial charge in [0.15, 0.2) is 0 Å². The zero-order chi connectivity index (χ0) is 20.4. The molecule has 0 bridgehead atoms. The van der Waals surface area contributed by atoms with E-state index in [1.54, 1.807) is 0 Å². The van der Waals surface area contributed by atoms with Gasteiger partial charge in [0, 0.05) is 44.7 Å². The fourth-order valence-electron chi connectivity index (χ4n) is 6.11. The van der Waals surface area contributed by atoms with Crippen LogP contribution in [0.5, 0.6) is 0 Å². The molecule has 1 atom stereocenters.